The molecule has 1 nitrogen and oxygen atoms in total. The second-order valence-corrected chi connectivity index (χ2v) is 4.24. The number of hydrogen-bond donors (Lipinski definition) is 0. The number of rotatable bonds is 3. The summed E-state index contributed by atoms with van der Waals surface area (Å²) in [6, 6.07) is 9.90. The van der Waals surface area contributed by atoms with Crippen LogP contribution in [0.2, 0.25) is 5.02 Å². The average Bonchev–Trinajstić information content (AvgIpc) is 2.32. The van der Waals surface area contributed by atoms with Crippen LogP contribution in [-0.4, -0.2) is 5.78 Å². The van der Waals surface area contributed by atoms with E-state index < -0.39 is 17.4 Å². The van der Waals surface area contributed by atoms with Crippen LogP contribution in [0.5, 0.6) is 0 Å². The summed E-state index contributed by atoms with van der Waals surface area (Å²) >= 11 is 5.60. The van der Waals surface area contributed by atoms with E-state index >= 15 is 0 Å². The van der Waals surface area contributed by atoms with Crippen molar-refractivity contribution >= 4 is 17.4 Å². The summed E-state index contributed by atoms with van der Waals surface area (Å²) in [7, 11) is 0. The lowest BCUT2D eigenvalue weighted by Gasteiger charge is -2.04. The molecule has 0 saturated carbocycles. The van der Waals surface area contributed by atoms with Gasteiger partial charge in [0.15, 0.2) is 11.6 Å². The first-order valence-electron chi connectivity index (χ1n) is 5.29. The molecule has 0 bridgehead atoms. The molecule has 0 fully saturated rings. The summed E-state index contributed by atoms with van der Waals surface area (Å²) in [6.45, 7) is 0. The van der Waals surface area contributed by atoms with Crippen LogP contribution in [0, 0.1) is 11.6 Å². The van der Waals surface area contributed by atoms with E-state index in [9.17, 15) is 13.6 Å². The zero-order valence-electron chi connectivity index (χ0n) is 9.29. The molecular weight excluding hydrogens is 258 g/mol. The zero-order valence-corrected chi connectivity index (χ0v) is 10.0. The number of carbonyl (C=O) groups is 1. The van der Waals surface area contributed by atoms with Crippen molar-refractivity contribution in [3.05, 3.63) is 70.2 Å². The van der Waals surface area contributed by atoms with Crippen LogP contribution in [0.1, 0.15) is 15.9 Å². The van der Waals surface area contributed by atoms with Crippen molar-refractivity contribution in [2.75, 3.05) is 0 Å². The van der Waals surface area contributed by atoms with Crippen molar-refractivity contribution in [2.24, 2.45) is 0 Å². The van der Waals surface area contributed by atoms with Gasteiger partial charge < -0.3 is 0 Å². The number of Topliss-reactive ketones (excluding diaryl/α,β-unsaturated/α-hetero) is 1. The Morgan fingerprint density at radius 2 is 1.83 bits per heavy atom. The molecule has 0 heterocycles. The molecule has 0 aromatic heterocycles. The Morgan fingerprint density at radius 3 is 2.56 bits per heavy atom. The molecule has 0 unspecified atom stereocenters. The van der Waals surface area contributed by atoms with Crippen LogP contribution in [0.4, 0.5) is 8.78 Å². The van der Waals surface area contributed by atoms with Crippen LogP contribution >= 0.6 is 11.6 Å². The second kappa shape index (κ2) is 5.27. The number of halogens is 3. The molecule has 2 aromatic rings. The Morgan fingerprint density at radius 1 is 1.11 bits per heavy atom. The first-order valence-corrected chi connectivity index (χ1v) is 5.67. The quantitative estimate of drug-likeness (QED) is 0.766. The minimum absolute atomic E-state index is 0.0605. The lowest BCUT2D eigenvalue weighted by molar-refractivity contribution is 0.0989. The Kier molecular flexibility index (Phi) is 3.72. The average molecular weight is 267 g/mol. The lowest BCUT2D eigenvalue weighted by Crippen LogP contribution is -2.06. The monoisotopic (exact) mass is 266 g/mol. The van der Waals surface area contributed by atoms with Crippen LogP contribution in [-0.2, 0) is 6.42 Å². The molecule has 4 heteroatoms. The van der Waals surface area contributed by atoms with Gasteiger partial charge in [0.2, 0.25) is 0 Å². The van der Waals surface area contributed by atoms with Gasteiger partial charge in [-0.05, 0) is 29.8 Å². The topological polar surface area (TPSA) is 17.1 Å². The van der Waals surface area contributed by atoms with E-state index in [1.165, 1.54) is 36.4 Å². The van der Waals surface area contributed by atoms with E-state index in [1.54, 1.807) is 6.07 Å². The predicted octanol–water partition coefficient (Wildman–Crippen LogP) is 4.04. The second-order valence-electron chi connectivity index (χ2n) is 3.83. The number of benzene rings is 2. The van der Waals surface area contributed by atoms with Gasteiger partial charge in [0, 0.05) is 6.42 Å². The maximum Gasteiger partial charge on any atom is 0.170 e. The predicted molar refractivity (Wildman–Crippen MR) is 65.8 cm³/mol. The number of hydrogen-bond acceptors (Lipinski definition) is 1. The summed E-state index contributed by atoms with van der Waals surface area (Å²) in [6.07, 6.45) is -0.0605. The molecule has 2 aromatic carbocycles. The molecule has 92 valence electrons. The zero-order chi connectivity index (χ0) is 13.1. The van der Waals surface area contributed by atoms with Crippen LogP contribution in [0.15, 0.2) is 42.5 Å². The van der Waals surface area contributed by atoms with E-state index in [4.69, 9.17) is 11.6 Å². The summed E-state index contributed by atoms with van der Waals surface area (Å²) in [5.74, 6) is -1.59. The molecular formula is C14H9ClF2O. The van der Waals surface area contributed by atoms with E-state index in [2.05, 4.69) is 0 Å². The lowest BCUT2D eigenvalue weighted by atomic mass is 10.0. The van der Waals surface area contributed by atoms with Crippen molar-refractivity contribution in [2.45, 2.75) is 6.42 Å². The minimum atomic E-state index is -0.736. The van der Waals surface area contributed by atoms with Gasteiger partial charge in [-0.3, -0.25) is 4.79 Å². The van der Waals surface area contributed by atoms with Crippen LogP contribution < -0.4 is 0 Å². The largest absolute Gasteiger partial charge is 0.294 e. The standard InChI is InChI=1S/C14H9ClF2O/c15-12-6-2-5-11(14(12)17)13(18)8-9-3-1-4-10(16)7-9/h1-7H,8H2. The highest BCUT2D eigenvalue weighted by atomic mass is 35.5. The molecule has 0 atom stereocenters. The first-order chi connectivity index (χ1) is 8.58. The number of ketones is 1. The maximum absolute atomic E-state index is 13.6. The molecule has 0 spiro atoms. The third-order valence-corrected chi connectivity index (χ3v) is 2.80. The van der Waals surface area contributed by atoms with Gasteiger partial charge >= 0.3 is 0 Å². The van der Waals surface area contributed by atoms with Gasteiger partial charge in [0.05, 0.1) is 10.6 Å². The van der Waals surface area contributed by atoms with Crippen LogP contribution in [0.3, 0.4) is 0 Å². The van der Waals surface area contributed by atoms with Gasteiger partial charge in [0.25, 0.3) is 0 Å². The third kappa shape index (κ3) is 2.74. The first kappa shape index (κ1) is 12.7. The third-order valence-electron chi connectivity index (χ3n) is 2.51. The highest BCUT2D eigenvalue weighted by Gasteiger charge is 2.14. The SMILES string of the molecule is O=C(Cc1cccc(F)c1)c1cccc(Cl)c1F. The van der Waals surface area contributed by atoms with E-state index in [0.717, 1.165) is 0 Å². The Hall–Kier alpha value is -1.74. The van der Waals surface area contributed by atoms with Crippen LogP contribution in [0.25, 0.3) is 0 Å². The van der Waals surface area contributed by atoms with Gasteiger partial charge in [0.1, 0.15) is 5.82 Å². The Balaban J connectivity index is 2.25. The molecule has 0 aliphatic rings. The van der Waals surface area contributed by atoms with Gasteiger partial charge in [-0.15, -0.1) is 0 Å². The van der Waals surface area contributed by atoms with Gasteiger partial charge in [-0.2, -0.15) is 0 Å². The Bertz CT molecular complexity index is 596. The molecule has 0 amide bonds. The summed E-state index contributed by atoms with van der Waals surface area (Å²) in [4.78, 5) is 11.9. The van der Waals surface area contributed by atoms with E-state index in [-0.39, 0.29) is 17.0 Å². The highest BCUT2D eigenvalue weighted by Crippen LogP contribution is 2.19. The number of carbonyl (C=O) groups excluding carboxylic acids is 1. The summed E-state index contributed by atoms with van der Waals surface area (Å²) < 4.78 is 26.6. The molecule has 0 radical (unpaired) electrons. The fraction of sp³-hybridized carbons (Fsp3) is 0.0714. The molecule has 0 aliphatic carbocycles. The molecule has 18 heavy (non-hydrogen) atoms. The van der Waals surface area contributed by atoms with Crippen molar-refractivity contribution < 1.29 is 13.6 Å². The van der Waals surface area contributed by atoms with Crippen molar-refractivity contribution in [1.82, 2.24) is 0 Å². The van der Waals surface area contributed by atoms with Crippen molar-refractivity contribution in [3.8, 4) is 0 Å². The fourth-order valence-electron chi connectivity index (χ4n) is 1.65. The highest BCUT2D eigenvalue weighted by molar-refractivity contribution is 6.31. The van der Waals surface area contributed by atoms with E-state index in [0.29, 0.717) is 5.56 Å². The van der Waals surface area contributed by atoms with E-state index in [1.807, 2.05) is 0 Å². The van der Waals surface area contributed by atoms with Crippen molar-refractivity contribution in [1.29, 1.82) is 0 Å². The molecule has 2 rings (SSSR count). The fourth-order valence-corrected chi connectivity index (χ4v) is 1.82. The van der Waals surface area contributed by atoms with Gasteiger partial charge in [-0.25, -0.2) is 8.78 Å². The summed E-state index contributed by atoms with van der Waals surface area (Å²) in [5.41, 5.74) is 0.422. The molecule has 0 N–H and O–H groups in total. The van der Waals surface area contributed by atoms with Crippen molar-refractivity contribution in [3.63, 3.8) is 0 Å². The Labute approximate surface area is 108 Å². The molecule has 0 saturated heterocycles. The maximum atomic E-state index is 13.6. The normalized spacial score (nSPS) is 10.4. The smallest absolute Gasteiger partial charge is 0.170 e. The molecule has 0 aliphatic heterocycles. The minimum Gasteiger partial charge on any atom is -0.294 e. The summed E-state index contributed by atoms with van der Waals surface area (Å²) in [5, 5.41) is -0.0971. The van der Waals surface area contributed by atoms with Gasteiger partial charge in [-0.1, -0.05) is 29.8 Å².